The molecule has 3 atom stereocenters. The number of hydrogen-bond acceptors (Lipinski definition) is 5. The maximum Gasteiger partial charge on any atom is 0.329 e. The van der Waals surface area contributed by atoms with Gasteiger partial charge in [-0.15, -0.1) is 0 Å². The minimum absolute atomic E-state index is 0.122. The number of carbonyl (C=O) groups is 3. The van der Waals surface area contributed by atoms with Gasteiger partial charge in [-0.25, -0.2) is 9.18 Å². The van der Waals surface area contributed by atoms with Gasteiger partial charge in [-0.3, -0.25) is 9.59 Å². The zero-order chi connectivity index (χ0) is 19.1. The predicted molar refractivity (Wildman–Crippen MR) is 88.2 cm³/mol. The second-order valence-electron chi connectivity index (χ2n) is 5.88. The standard InChI is InChI=1S/C17H21FN2O6/c18-12-10-20(15(16(12)23)17(24)25)14(22)9-19-13(21)7-4-8-26-11-5-2-1-3-6-11/h1-3,5-6,12,15-16,23H,4,7-10H2,(H,19,21)(H,24,25). The molecule has 8 nitrogen and oxygen atoms in total. The second-order valence-corrected chi connectivity index (χ2v) is 5.88. The largest absolute Gasteiger partial charge is 0.494 e. The van der Waals surface area contributed by atoms with E-state index in [0.717, 1.165) is 4.90 Å². The lowest BCUT2D eigenvalue weighted by molar-refractivity contribution is -0.151. The van der Waals surface area contributed by atoms with E-state index in [1.807, 2.05) is 18.2 Å². The van der Waals surface area contributed by atoms with Gasteiger partial charge >= 0.3 is 5.97 Å². The number of alkyl halides is 1. The van der Waals surface area contributed by atoms with Crippen molar-refractivity contribution in [2.75, 3.05) is 19.7 Å². The molecule has 1 aromatic carbocycles. The first kappa shape index (κ1) is 19.6. The molecule has 9 heteroatoms. The summed E-state index contributed by atoms with van der Waals surface area (Å²) >= 11 is 0. The van der Waals surface area contributed by atoms with Gasteiger partial charge in [-0.1, -0.05) is 18.2 Å². The number of para-hydroxylation sites is 1. The second kappa shape index (κ2) is 9.14. The molecule has 1 aromatic rings. The highest BCUT2D eigenvalue weighted by atomic mass is 19.1. The van der Waals surface area contributed by atoms with Crippen molar-refractivity contribution < 1.29 is 33.7 Å². The fourth-order valence-electron chi connectivity index (χ4n) is 2.63. The molecule has 0 aromatic heterocycles. The molecule has 1 fully saturated rings. The number of benzene rings is 1. The van der Waals surface area contributed by atoms with Crippen LogP contribution in [-0.2, 0) is 14.4 Å². The average molecular weight is 368 g/mol. The average Bonchev–Trinajstić information content (AvgIpc) is 2.93. The Morgan fingerprint density at radius 3 is 2.62 bits per heavy atom. The van der Waals surface area contributed by atoms with Crippen LogP contribution in [0.4, 0.5) is 4.39 Å². The fourth-order valence-corrected chi connectivity index (χ4v) is 2.63. The summed E-state index contributed by atoms with van der Waals surface area (Å²) in [7, 11) is 0. The van der Waals surface area contributed by atoms with Crippen molar-refractivity contribution in [1.82, 2.24) is 10.2 Å². The van der Waals surface area contributed by atoms with Gasteiger partial charge in [0, 0.05) is 6.42 Å². The number of carbonyl (C=O) groups excluding carboxylic acids is 2. The number of rotatable bonds is 8. The van der Waals surface area contributed by atoms with Crippen molar-refractivity contribution in [2.24, 2.45) is 0 Å². The molecule has 2 amide bonds. The van der Waals surface area contributed by atoms with Gasteiger partial charge in [0.15, 0.2) is 6.04 Å². The van der Waals surface area contributed by atoms with Crippen LogP contribution in [-0.4, -0.2) is 70.9 Å². The molecular weight excluding hydrogens is 347 g/mol. The van der Waals surface area contributed by atoms with E-state index in [4.69, 9.17) is 9.84 Å². The zero-order valence-electron chi connectivity index (χ0n) is 14.0. The number of nitrogens with zero attached hydrogens (tertiary/aromatic N) is 1. The number of carboxylic acid groups (broad SMARTS) is 1. The Kier molecular flexibility index (Phi) is 6.90. The van der Waals surface area contributed by atoms with Gasteiger partial charge in [0.2, 0.25) is 11.8 Å². The molecule has 142 valence electrons. The Labute approximate surface area is 149 Å². The van der Waals surface area contributed by atoms with Crippen LogP contribution in [0.3, 0.4) is 0 Å². The summed E-state index contributed by atoms with van der Waals surface area (Å²) in [5, 5.41) is 20.9. The van der Waals surface area contributed by atoms with Gasteiger partial charge in [0.05, 0.1) is 19.7 Å². The highest BCUT2D eigenvalue weighted by molar-refractivity contribution is 5.88. The van der Waals surface area contributed by atoms with Crippen LogP contribution in [0.1, 0.15) is 12.8 Å². The topological polar surface area (TPSA) is 116 Å². The van der Waals surface area contributed by atoms with E-state index in [-0.39, 0.29) is 6.42 Å². The number of ether oxygens (including phenoxy) is 1. The van der Waals surface area contributed by atoms with Crippen LogP contribution in [0.25, 0.3) is 0 Å². The Hall–Kier alpha value is -2.68. The quantitative estimate of drug-likeness (QED) is 0.555. The van der Waals surface area contributed by atoms with Gasteiger partial charge < -0.3 is 25.2 Å². The monoisotopic (exact) mass is 368 g/mol. The summed E-state index contributed by atoms with van der Waals surface area (Å²) in [5.74, 6) is -1.96. The summed E-state index contributed by atoms with van der Waals surface area (Å²) < 4.78 is 18.9. The van der Waals surface area contributed by atoms with Crippen LogP contribution in [0.5, 0.6) is 5.75 Å². The zero-order valence-corrected chi connectivity index (χ0v) is 14.0. The van der Waals surface area contributed by atoms with Crippen molar-refractivity contribution in [3.8, 4) is 5.75 Å². The Balaban J connectivity index is 1.69. The van der Waals surface area contributed by atoms with E-state index >= 15 is 0 Å². The van der Waals surface area contributed by atoms with Gasteiger partial charge in [-0.2, -0.15) is 0 Å². The Morgan fingerprint density at radius 1 is 1.27 bits per heavy atom. The predicted octanol–water partition coefficient (Wildman–Crippen LogP) is -0.0438. The fraction of sp³-hybridized carbons (Fsp3) is 0.471. The van der Waals surface area contributed by atoms with E-state index in [2.05, 4.69) is 5.32 Å². The molecular formula is C17H21FN2O6. The van der Waals surface area contributed by atoms with Crippen molar-refractivity contribution in [2.45, 2.75) is 31.2 Å². The third kappa shape index (κ3) is 5.16. The molecule has 1 heterocycles. The van der Waals surface area contributed by atoms with Crippen LogP contribution >= 0.6 is 0 Å². The van der Waals surface area contributed by atoms with Gasteiger partial charge in [0.25, 0.3) is 0 Å². The third-order valence-corrected chi connectivity index (χ3v) is 3.97. The van der Waals surface area contributed by atoms with E-state index in [1.54, 1.807) is 12.1 Å². The number of nitrogens with one attached hydrogen (secondary N) is 1. The molecule has 1 aliphatic rings. The van der Waals surface area contributed by atoms with Gasteiger partial charge in [-0.05, 0) is 18.6 Å². The summed E-state index contributed by atoms with van der Waals surface area (Å²) in [6.07, 6.45) is -3.05. The van der Waals surface area contributed by atoms with Crippen LogP contribution in [0.15, 0.2) is 30.3 Å². The Bertz CT molecular complexity index is 641. The SMILES string of the molecule is O=C(CCCOc1ccccc1)NCC(=O)N1CC(F)C(O)C1C(=O)O. The lowest BCUT2D eigenvalue weighted by Gasteiger charge is -2.22. The maximum absolute atomic E-state index is 13.5. The molecule has 0 radical (unpaired) electrons. The van der Waals surface area contributed by atoms with Crippen LogP contribution in [0, 0.1) is 0 Å². The lowest BCUT2D eigenvalue weighted by atomic mass is 10.1. The summed E-state index contributed by atoms with van der Waals surface area (Å²) in [6.45, 7) is -0.645. The molecule has 1 aliphatic heterocycles. The van der Waals surface area contributed by atoms with Crippen molar-refractivity contribution >= 4 is 17.8 Å². The molecule has 1 saturated heterocycles. The number of aliphatic hydroxyl groups is 1. The van der Waals surface area contributed by atoms with Crippen LogP contribution in [0.2, 0.25) is 0 Å². The number of aliphatic hydroxyl groups excluding tert-OH is 1. The molecule has 0 bridgehead atoms. The summed E-state index contributed by atoms with van der Waals surface area (Å²) in [5.41, 5.74) is 0. The minimum atomic E-state index is -1.83. The van der Waals surface area contributed by atoms with E-state index in [1.165, 1.54) is 0 Å². The number of halogens is 1. The number of carboxylic acids is 1. The molecule has 0 spiro atoms. The number of likely N-dealkylation sites (tertiary alicyclic amines) is 1. The first-order valence-corrected chi connectivity index (χ1v) is 8.19. The first-order valence-electron chi connectivity index (χ1n) is 8.19. The normalized spacial score (nSPS) is 22.1. The van der Waals surface area contributed by atoms with Crippen molar-refractivity contribution in [3.05, 3.63) is 30.3 Å². The maximum atomic E-state index is 13.5. The number of hydrogen-bond donors (Lipinski definition) is 3. The molecule has 3 N–H and O–H groups in total. The van der Waals surface area contributed by atoms with Crippen LogP contribution < -0.4 is 10.1 Å². The van der Waals surface area contributed by atoms with Crippen molar-refractivity contribution in [1.29, 1.82) is 0 Å². The summed E-state index contributed by atoms with van der Waals surface area (Å²) in [6, 6.07) is 7.45. The smallest absolute Gasteiger partial charge is 0.329 e. The van der Waals surface area contributed by atoms with Gasteiger partial charge in [0.1, 0.15) is 18.0 Å². The first-order chi connectivity index (χ1) is 12.4. The number of amides is 2. The third-order valence-electron chi connectivity index (χ3n) is 3.97. The lowest BCUT2D eigenvalue weighted by Crippen LogP contribution is -2.48. The molecule has 0 aliphatic carbocycles. The molecule has 0 saturated carbocycles. The Morgan fingerprint density at radius 2 is 1.96 bits per heavy atom. The molecule has 3 unspecified atom stereocenters. The van der Waals surface area contributed by atoms with E-state index in [9.17, 15) is 23.9 Å². The molecule has 2 rings (SSSR count). The van der Waals surface area contributed by atoms with E-state index < -0.39 is 49.2 Å². The van der Waals surface area contributed by atoms with Crippen molar-refractivity contribution in [3.63, 3.8) is 0 Å². The van der Waals surface area contributed by atoms with E-state index in [0.29, 0.717) is 18.8 Å². The highest BCUT2D eigenvalue weighted by Crippen LogP contribution is 2.21. The molecule has 26 heavy (non-hydrogen) atoms. The minimum Gasteiger partial charge on any atom is -0.494 e. The highest BCUT2D eigenvalue weighted by Gasteiger charge is 2.47. The summed E-state index contributed by atoms with van der Waals surface area (Å²) in [4.78, 5) is 35.6. The number of aliphatic carboxylic acids is 1.